The fourth-order valence-electron chi connectivity index (χ4n) is 8.29. The maximum atomic E-state index is 12.3. The van der Waals surface area contributed by atoms with E-state index in [9.17, 15) is 4.79 Å². The molecule has 0 unspecified atom stereocenters. The molecule has 0 aliphatic heterocycles. The molecule has 8 rings (SSSR count). The number of carbonyl (C=O) groups is 1. The summed E-state index contributed by atoms with van der Waals surface area (Å²) in [5, 5.41) is 2.45. The molecule has 318 valence electrons. The molecular weight excluding hydrogens is 773 g/mol. The number of para-hydroxylation sites is 1. The Morgan fingerprint density at radius 3 is 1.90 bits per heavy atom. The van der Waals surface area contributed by atoms with E-state index >= 15 is 0 Å². The van der Waals surface area contributed by atoms with Gasteiger partial charge in [-0.15, -0.1) is 0 Å². The van der Waals surface area contributed by atoms with Gasteiger partial charge in [-0.1, -0.05) is 130 Å². The SMILES string of the molecule is CCCCCCOC(=O)C=Cc1ccccc1OCc1ccc(-n2c3ccc(C)cc3c3cc(-c4ccc(N(c5ccc(C)cc5)c5ccc(CCCC)cc5)cc4)ccc32)cc1. The third-order valence-corrected chi connectivity index (χ3v) is 11.8. The van der Waals surface area contributed by atoms with Crippen LogP contribution in [0.25, 0.3) is 44.7 Å². The number of carbonyl (C=O) groups excluding carboxylic acids is 1. The molecule has 0 radical (unpaired) electrons. The van der Waals surface area contributed by atoms with E-state index in [1.807, 2.05) is 24.3 Å². The number of aryl methyl sites for hydroxylation is 3. The second-order valence-electron chi connectivity index (χ2n) is 16.6. The number of hydrogen-bond donors (Lipinski definition) is 0. The van der Waals surface area contributed by atoms with E-state index in [-0.39, 0.29) is 5.97 Å². The summed E-state index contributed by atoms with van der Waals surface area (Å²) in [4.78, 5) is 14.7. The highest BCUT2D eigenvalue weighted by molar-refractivity contribution is 6.10. The first-order chi connectivity index (χ1) is 30.9. The molecule has 0 saturated heterocycles. The number of benzene rings is 7. The van der Waals surface area contributed by atoms with Crippen LogP contribution in [0, 0.1) is 13.8 Å². The molecule has 0 aliphatic carbocycles. The normalized spacial score (nSPS) is 11.4. The number of rotatable bonds is 18. The maximum absolute atomic E-state index is 12.3. The second kappa shape index (κ2) is 20.3. The lowest BCUT2D eigenvalue weighted by molar-refractivity contribution is -0.137. The van der Waals surface area contributed by atoms with Gasteiger partial charge in [0.1, 0.15) is 12.4 Å². The quantitative estimate of drug-likeness (QED) is 0.0491. The first-order valence-electron chi connectivity index (χ1n) is 22.7. The molecule has 0 spiro atoms. The van der Waals surface area contributed by atoms with Crippen molar-refractivity contribution in [1.29, 1.82) is 0 Å². The number of nitrogens with zero attached hydrogens (tertiary/aromatic N) is 2. The molecule has 5 heteroatoms. The average molecular weight is 831 g/mol. The van der Waals surface area contributed by atoms with Crippen LogP contribution in [0.2, 0.25) is 0 Å². The van der Waals surface area contributed by atoms with Gasteiger partial charge in [0.2, 0.25) is 0 Å². The first kappa shape index (κ1) is 42.8. The van der Waals surface area contributed by atoms with Crippen LogP contribution in [0.5, 0.6) is 5.75 Å². The summed E-state index contributed by atoms with van der Waals surface area (Å²) in [6, 6.07) is 56.8. The highest BCUT2D eigenvalue weighted by atomic mass is 16.5. The number of esters is 1. The molecule has 63 heavy (non-hydrogen) atoms. The Kier molecular flexibility index (Phi) is 13.8. The Hall–Kier alpha value is -6.85. The van der Waals surface area contributed by atoms with Crippen LogP contribution in [0.3, 0.4) is 0 Å². The van der Waals surface area contributed by atoms with Gasteiger partial charge in [0.15, 0.2) is 0 Å². The number of unbranched alkanes of at least 4 members (excludes halogenated alkanes) is 4. The van der Waals surface area contributed by atoms with E-state index in [4.69, 9.17) is 9.47 Å². The van der Waals surface area contributed by atoms with Gasteiger partial charge in [0.05, 0.1) is 17.6 Å². The minimum atomic E-state index is -0.331. The van der Waals surface area contributed by atoms with Crippen molar-refractivity contribution in [1.82, 2.24) is 4.57 Å². The minimum Gasteiger partial charge on any atom is -0.488 e. The van der Waals surface area contributed by atoms with Crippen LogP contribution in [0.4, 0.5) is 17.1 Å². The Morgan fingerprint density at radius 1 is 0.587 bits per heavy atom. The number of ether oxygens (including phenoxy) is 2. The molecule has 0 bridgehead atoms. The molecule has 0 aliphatic rings. The predicted octanol–water partition coefficient (Wildman–Crippen LogP) is 15.6. The molecule has 0 amide bonds. The summed E-state index contributed by atoms with van der Waals surface area (Å²) in [6.07, 6.45) is 11.0. The highest BCUT2D eigenvalue weighted by Crippen LogP contribution is 2.39. The van der Waals surface area contributed by atoms with Crippen molar-refractivity contribution in [3.8, 4) is 22.6 Å². The number of aromatic nitrogens is 1. The lowest BCUT2D eigenvalue weighted by atomic mass is 10.0. The monoisotopic (exact) mass is 830 g/mol. The zero-order valence-corrected chi connectivity index (χ0v) is 37.1. The van der Waals surface area contributed by atoms with Gasteiger partial charge in [-0.05, 0) is 140 Å². The second-order valence-corrected chi connectivity index (χ2v) is 16.6. The van der Waals surface area contributed by atoms with Crippen LogP contribution < -0.4 is 9.64 Å². The third kappa shape index (κ3) is 10.3. The topological polar surface area (TPSA) is 43.7 Å². The Morgan fingerprint density at radius 2 is 1.19 bits per heavy atom. The molecule has 0 fully saturated rings. The van der Waals surface area contributed by atoms with Crippen LogP contribution in [-0.2, 0) is 22.6 Å². The maximum Gasteiger partial charge on any atom is 0.330 e. The largest absolute Gasteiger partial charge is 0.488 e. The molecule has 1 aromatic heterocycles. The molecule has 8 aromatic rings. The Bertz CT molecular complexity index is 2800. The van der Waals surface area contributed by atoms with Gasteiger partial charge in [-0.3, -0.25) is 0 Å². The van der Waals surface area contributed by atoms with E-state index < -0.39 is 0 Å². The summed E-state index contributed by atoms with van der Waals surface area (Å²) in [7, 11) is 0. The summed E-state index contributed by atoms with van der Waals surface area (Å²) < 4.78 is 14.0. The molecule has 1 heterocycles. The molecule has 5 nitrogen and oxygen atoms in total. The zero-order valence-electron chi connectivity index (χ0n) is 37.1. The zero-order chi connectivity index (χ0) is 43.5. The predicted molar refractivity (Wildman–Crippen MR) is 264 cm³/mol. The van der Waals surface area contributed by atoms with Crippen molar-refractivity contribution in [2.45, 2.75) is 79.2 Å². The summed E-state index contributed by atoms with van der Waals surface area (Å²) in [5.41, 5.74) is 14.9. The van der Waals surface area contributed by atoms with E-state index in [1.165, 1.54) is 63.0 Å². The van der Waals surface area contributed by atoms with Crippen molar-refractivity contribution in [3.05, 3.63) is 192 Å². The van der Waals surface area contributed by atoms with Crippen molar-refractivity contribution in [2.75, 3.05) is 11.5 Å². The van der Waals surface area contributed by atoms with Gasteiger partial charge >= 0.3 is 5.97 Å². The molecule has 0 saturated carbocycles. The van der Waals surface area contributed by atoms with Gasteiger partial charge in [0, 0.05) is 45.2 Å². The average Bonchev–Trinajstić information content (AvgIpc) is 3.63. The highest BCUT2D eigenvalue weighted by Gasteiger charge is 2.16. The number of hydrogen-bond acceptors (Lipinski definition) is 4. The van der Waals surface area contributed by atoms with Crippen molar-refractivity contribution < 1.29 is 14.3 Å². The third-order valence-electron chi connectivity index (χ3n) is 11.8. The number of anilines is 3. The fourth-order valence-corrected chi connectivity index (χ4v) is 8.29. The Balaban J connectivity index is 1.02. The summed E-state index contributed by atoms with van der Waals surface area (Å²) in [5.74, 6) is 0.385. The first-order valence-corrected chi connectivity index (χ1v) is 22.7. The van der Waals surface area contributed by atoms with E-state index in [0.29, 0.717) is 19.0 Å². The summed E-state index contributed by atoms with van der Waals surface area (Å²) in [6.45, 7) is 9.56. The minimum absolute atomic E-state index is 0.331. The molecular formula is C58H58N2O3. The smallest absolute Gasteiger partial charge is 0.330 e. The van der Waals surface area contributed by atoms with E-state index in [2.05, 4.69) is 171 Å². The van der Waals surface area contributed by atoms with Crippen molar-refractivity contribution in [3.63, 3.8) is 0 Å². The van der Waals surface area contributed by atoms with Crippen LogP contribution in [0.1, 0.15) is 80.2 Å². The van der Waals surface area contributed by atoms with Crippen LogP contribution >= 0.6 is 0 Å². The fraction of sp³-hybridized carbons (Fsp3) is 0.224. The van der Waals surface area contributed by atoms with E-state index in [0.717, 1.165) is 71.5 Å². The standard InChI is InChI=1S/C58H58N2O3/c1-5-7-9-12-38-62-58(61)37-26-47-14-10-11-15-57(47)63-41-45-21-31-52(32-22-45)60-55-35-18-43(4)39-53(55)54-40-48(25-36-56(54)60)46-23-33-51(34-24-46)59(49-27-16-42(3)17-28-49)50-29-19-44(20-30-50)13-8-6-2/h10-11,14-37,39-40H,5-9,12-13,38,41H2,1-4H3. The van der Waals surface area contributed by atoms with Crippen molar-refractivity contribution >= 4 is 50.9 Å². The van der Waals surface area contributed by atoms with Gasteiger partial charge < -0.3 is 18.9 Å². The molecule has 0 N–H and O–H groups in total. The van der Waals surface area contributed by atoms with Gasteiger partial charge in [-0.25, -0.2) is 4.79 Å². The summed E-state index contributed by atoms with van der Waals surface area (Å²) >= 11 is 0. The van der Waals surface area contributed by atoms with Crippen molar-refractivity contribution in [2.24, 2.45) is 0 Å². The lowest BCUT2D eigenvalue weighted by Gasteiger charge is -2.26. The molecule has 7 aromatic carbocycles. The number of fused-ring (bicyclic) bond motifs is 3. The van der Waals surface area contributed by atoms with Gasteiger partial charge in [0.25, 0.3) is 0 Å². The lowest BCUT2D eigenvalue weighted by Crippen LogP contribution is -2.10. The van der Waals surface area contributed by atoms with E-state index in [1.54, 1.807) is 6.08 Å². The van der Waals surface area contributed by atoms with Gasteiger partial charge in [-0.2, -0.15) is 0 Å². The Labute approximate surface area is 373 Å². The van der Waals surface area contributed by atoms with Crippen LogP contribution in [-0.4, -0.2) is 17.1 Å². The van der Waals surface area contributed by atoms with Crippen LogP contribution in [0.15, 0.2) is 164 Å². The molecule has 0 atom stereocenters.